The largest absolute Gasteiger partial charge is 0.325 e. The van der Waals surface area contributed by atoms with Crippen molar-refractivity contribution < 1.29 is 0 Å². The minimum absolute atomic E-state index is 0.0731. The first-order chi connectivity index (χ1) is 16.2. The molecule has 3 heteroatoms. The molecule has 1 atom stereocenters. The number of anilines is 2. The highest BCUT2D eigenvalue weighted by molar-refractivity contribution is 5.92. The molecule has 0 saturated carbocycles. The Bertz CT molecular complexity index is 1290. The third-order valence-corrected chi connectivity index (χ3v) is 6.26. The maximum absolute atomic E-state index is 9.25. The standard InChI is InChI=1S/C30H25N3/c1-22-20-24(21-31)16-17-29(22)32-18-19-33(23(32)2)30-27(25-10-5-3-6-11-25)14-9-15-28(30)26-12-7-4-8-13-26/h3-20,23H,1-2H3/t23-/m0/s1. The predicted molar refractivity (Wildman–Crippen MR) is 137 cm³/mol. The molecule has 1 aliphatic heterocycles. The molecule has 0 aromatic heterocycles. The quantitative estimate of drug-likeness (QED) is 0.341. The van der Waals surface area contributed by atoms with Crippen LogP contribution in [0.15, 0.2) is 109 Å². The highest BCUT2D eigenvalue weighted by Crippen LogP contribution is 2.43. The lowest BCUT2D eigenvalue weighted by Crippen LogP contribution is -2.36. The SMILES string of the molecule is Cc1cc(C#N)ccc1N1C=CN(c2c(-c3ccccc3)cccc2-c2ccccc2)[C@H]1C. The van der Waals surface area contributed by atoms with E-state index < -0.39 is 0 Å². The van der Waals surface area contributed by atoms with Gasteiger partial charge in [-0.2, -0.15) is 5.26 Å². The smallest absolute Gasteiger partial charge is 0.107 e. The van der Waals surface area contributed by atoms with Crippen molar-refractivity contribution in [3.63, 3.8) is 0 Å². The summed E-state index contributed by atoms with van der Waals surface area (Å²) in [5, 5.41) is 9.25. The summed E-state index contributed by atoms with van der Waals surface area (Å²) < 4.78 is 0. The molecule has 0 bridgehead atoms. The van der Waals surface area contributed by atoms with Gasteiger partial charge in [0.15, 0.2) is 0 Å². The van der Waals surface area contributed by atoms with Crippen molar-refractivity contribution in [2.24, 2.45) is 0 Å². The summed E-state index contributed by atoms with van der Waals surface area (Å²) in [5.74, 6) is 0. The minimum Gasteiger partial charge on any atom is -0.325 e. The molecule has 4 aromatic carbocycles. The van der Waals surface area contributed by atoms with Crippen LogP contribution in [0, 0.1) is 18.3 Å². The normalized spacial score (nSPS) is 15.0. The molecule has 0 spiro atoms. The maximum Gasteiger partial charge on any atom is 0.107 e. The zero-order valence-corrected chi connectivity index (χ0v) is 18.8. The van der Waals surface area contributed by atoms with E-state index in [0.717, 1.165) is 11.3 Å². The van der Waals surface area contributed by atoms with Gasteiger partial charge in [0, 0.05) is 29.2 Å². The van der Waals surface area contributed by atoms with Crippen LogP contribution >= 0.6 is 0 Å². The molecule has 1 aliphatic rings. The van der Waals surface area contributed by atoms with Gasteiger partial charge in [0.25, 0.3) is 0 Å². The third-order valence-electron chi connectivity index (χ3n) is 6.26. The molecule has 1 heterocycles. The highest BCUT2D eigenvalue weighted by Gasteiger charge is 2.29. The third kappa shape index (κ3) is 3.77. The van der Waals surface area contributed by atoms with E-state index >= 15 is 0 Å². The fourth-order valence-electron chi connectivity index (χ4n) is 4.61. The van der Waals surface area contributed by atoms with Crippen molar-refractivity contribution in [1.82, 2.24) is 0 Å². The Morgan fingerprint density at radius 2 is 1.27 bits per heavy atom. The predicted octanol–water partition coefficient (Wildman–Crippen LogP) is 7.34. The number of rotatable bonds is 4. The Hall–Kier alpha value is -4.29. The molecular weight excluding hydrogens is 402 g/mol. The van der Waals surface area contributed by atoms with Gasteiger partial charge < -0.3 is 9.80 Å². The molecule has 0 amide bonds. The van der Waals surface area contributed by atoms with Crippen LogP contribution in [0.4, 0.5) is 11.4 Å². The van der Waals surface area contributed by atoms with Crippen LogP contribution in [0.3, 0.4) is 0 Å². The summed E-state index contributed by atoms with van der Waals surface area (Å²) in [6.07, 6.45) is 4.37. The molecule has 0 radical (unpaired) electrons. The Morgan fingerprint density at radius 3 is 1.82 bits per heavy atom. The van der Waals surface area contributed by atoms with Gasteiger partial charge in [0.2, 0.25) is 0 Å². The Morgan fingerprint density at radius 1 is 0.697 bits per heavy atom. The van der Waals surface area contributed by atoms with Gasteiger partial charge in [-0.15, -0.1) is 0 Å². The number of benzene rings is 4. The Balaban J connectivity index is 1.63. The van der Waals surface area contributed by atoms with Crippen LogP contribution in [0.2, 0.25) is 0 Å². The molecule has 160 valence electrons. The van der Waals surface area contributed by atoms with Gasteiger partial charge in [-0.05, 0) is 48.7 Å². The second kappa shape index (κ2) is 8.68. The fourth-order valence-corrected chi connectivity index (χ4v) is 4.61. The maximum atomic E-state index is 9.25. The first-order valence-corrected chi connectivity index (χ1v) is 11.2. The average molecular weight is 428 g/mol. The van der Waals surface area contributed by atoms with E-state index in [1.165, 1.54) is 27.9 Å². The van der Waals surface area contributed by atoms with E-state index in [2.05, 4.69) is 121 Å². The molecule has 5 rings (SSSR count). The minimum atomic E-state index is 0.0731. The number of aryl methyl sites for hydroxylation is 1. The van der Waals surface area contributed by atoms with Gasteiger partial charge in [-0.1, -0.05) is 78.9 Å². The first-order valence-electron chi connectivity index (χ1n) is 11.2. The average Bonchev–Trinajstić information content (AvgIpc) is 3.25. The van der Waals surface area contributed by atoms with Gasteiger partial charge in [-0.3, -0.25) is 0 Å². The summed E-state index contributed by atoms with van der Waals surface area (Å²) >= 11 is 0. The van der Waals surface area contributed by atoms with E-state index in [1.54, 1.807) is 0 Å². The number of hydrogen-bond acceptors (Lipinski definition) is 3. The van der Waals surface area contributed by atoms with Crippen molar-refractivity contribution in [3.8, 4) is 28.3 Å². The van der Waals surface area contributed by atoms with Crippen molar-refractivity contribution in [3.05, 3.63) is 121 Å². The molecule has 33 heavy (non-hydrogen) atoms. The van der Waals surface area contributed by atoms with Crippen LogP contribution in [0.5, 0.6) is 0 Å². The molecule has 4 aromatic rings. The molecule has 0 fully saturated rings. The van der Waals surface area contributed by atoms with Gasteiger partial charge >= 0.3 is 0 Å². The molecule has 0 aliphatic carbocycles. The van der Waals surface area contributed by atoms with E-state index in [0.29, 0.717) is 5.56 Å². The molecule has 3 nitrogen and oxygen atoms in total. The van der Waals surface area contributed by atoms with E-state index in [-0.39, 0.29) is 6.17 Å². The Kier molecular flexibility index (Phi) is 5.42. The summed E-state index contributed by atoms with van der Waals surface area (Å²) in [7, 11) is 0. The molecule has 0 N–H and O–H groups in total. The second-order valence-corrected chi connectivity index (χ2v) is 8.29. The van der Waals surface area contributed by atoms with Crippen LogP contribution in [-0.2, 0) is 0 Å². The number of nitriles is 1. The van der Waals surface area contributed by atoms with Gasteiger partial charge in [0.05, 0.1) is 17.3 Å². The van der Waals surface area contributed by atoms with E-state index in [1.807, 2.05) is 18.2 Å². The molecule has 0 unspecified atom stereocenters. The zero-order valence-electron chi connectivity index (χ0n) is 18.8. The first kappa shape index (κ1) is 20.6. The summed E-state index contributed by atoms with van der Waals surface area (Å²) in [6.45, 7) is 4.28. The van der Waals surface area contributed by atoms with E-state index in [4.69, 9.17) is 0 Å². The summed E-state index contributed by atoms with van der Waals surface area (Å²) in [6, 6.07) is 35.8. The second-order valence-electron chi connectivity index (χ2n) is 8.29. The summed E-state index contributed by atoms with van der Waals surface area (Å²) in [4.78, 5) is 4.62. The van der Waals surface area contributed by atoms with Crippen molar-refractivity contribution in [1.29, 1.82) is 5.26 Å². The number of nitrogens with zero attached hydrogens (tertiary/aromatic N) is 3. The molecule has 0 saturated heterocycles. The van der Waals surface area contributed by atoms with E-state index in [9.17, 15) is 5.26 Å². The van der Waals surface area contributed by atoms with Crippen LogP contribution in [0.1, 0.15) is 18.1 Å². The number of hydrogen-bond donors (Lipinski definition) is 0. The monoisotopic (exact) mass is 427 g/mol. The topological polar surface area (TPSA) is 30.3 Å². The molecular formula is C30H25N3. The lowest BCUT2D eigenvalue weighted by Gasteiger charge is -2.33. The Labute approximate surface area is 195 Å². The lowest BCUT2D eigenvalue weighted by atomic mass is 9.95. The fraction of sp³-hybridized carbons (Fsp3) is 0.100. The van der Waals surface area contributed by atoms with Crippen LogP contribution in [-0.4, -0.2) is 6.17 Å². The summed E-state index contributed by atoms with van der Waals surface area (Å²) in [5.41, 5.74) is 8.86. The van der Waals surface area contributed by atoms with Gasteiger partial charge in [0.1, 0.15) is 6.17 Å². The van der Waals surface area contributed by atoms with Gasteiger partial charge in [-0.25, -0.2) is 0 Å². The zero-order chi connectivity index (χ0) is 22.8. The lowest BCUT2D eigenvalue weighted by molar-refractivity contribution is 0.749. The number of para-hydroxylation sites is 1. The highest BCUT2D eigenvalue weighted by atomic mass is 15.4. The van der Waals surface area contributed by atoms with Crippen molar-refractivity contribution >= 4 is 11.4 Å². The van der Waals surface area contributed by atoms with Crippen LogP contribution < -0.4 is 9.80 Å². The van der Waals surface area contributed by atoms with Crippen LogP contribution in [0.25, 0.3) is 22.3 Å². The van der Waals surface area contributed by atoms with Crippen molar-refractivity contribution in [2.75, 3.05) is 9.80 Å². The van der Waals surface area contributed by atoms with Crippen molar-refractivity contribution in [2.45, 2.75) is 20.0 Å².